The summed E-state index contributed by atoms with van der Waals surface area (Å²) in [6.45, 7) is 4.97. The highest BCUT2D eigenvalue weighted by molar-refractivity contribution is 7.89. The zero-order valence-electron chi connectivity index (χ0n) is 16.7. The van der Waals surface area contributed by atoms with Crippen molar-refractivity contribution in [2.24, 2.45) is 5.92 Å². The lowest BCUT2D eigenvalue weighted by molar-refractivity contribution is 0.318. The summed E-state index contributed by atoms with van der Waals surface area (Å²) in [6, 6.07) is 5.55. The largest absolute Gasteiger partial charge is 0.243 e. The van der Waals surface area contributed by atoms with Crippen LogP contribution in [0.3, 0.4) is 0 Å². The highest BCUT2D eigenvalue weighted by atomic mass is 32.2. The number of hydrogen-bond donors (Lipinski definition) is 0. The van der Waals surface area contributed by atoms with E-state index in [1.54, 1.807) is 21.7 Å². The molecule has 1 saturated carbocycles. The van der Waals surface area contributed by atoms with Crippen LogP contribution in [0.25, 0.3) is 0 Å². The number of aryl methyl sites for hydroxylation is 2. The summed E-state index contributed by atoms with van der Waals surface area (Å²) in [5.41, 5.74) is 1.91. The second kappa shape index (κ2) is 8.20. The van der Waals surface area contributed by atoms with Crippen LogP contribution in [-0.2, 0) is 16.4 Å². The molecule has 0 unspecified atom stereocenters. The van der Waals surface area contributed by atoms with Crippen molar-refractivity contribution < 1.29 is 8.42 Å². The van der Waals surface area contributed by atoms with Gasteiger partial charge >= 0.3 is 0 Å². The Balaban J connectivity index is 1.39. The Hall–Kier alpha value is -1.31. The maximum Gasteiger partial charge on any atom is 0.243 e. The third kappa shape index (κ3) is 4.16. The van der Waals surface area contributed by atoms with E-state index in [2.05, 4.69) is 10.2 Å². The molecular weight excluding hydrogens is 390 g/mol. The van der Waals surface area contributed by atoms with E-state index in [4.69, 9.17) is 0 Å². The van der Waals surface area contributed by atoms with E-state index < -0.39 is 10.0 Å². The van der Waals surface area contributed by atoms with Gasteiger partial charge in [-0.25, -0.2) is 8.42 Å². The first kappa shape index (κ1) is 20.0. The normalized spacial score (nSPS) is 20.1. The van der Waals surface area contributed by atoms with E-state index >= 15 is 0 Å². The molecular formula is C21H29N3O2S2. The Morgan fingerprint density at radius 2 is 1.79 bits per heavy atom. The van der Waals surface area contributed by atoms with Gasteiger partial charge in [0.2, 0.25) is 10.0 Å². The van der Waals surface area contributed by atoms with Crippen molar-refractivity contribution in [3.63, 3.8) is 0 Å². The second-order valence-electron chi connectivity index (χ2n) is 8.34. The van der Waals surface area contributed by atoms with Gasteiger partial charge in [0.25, 0.3) is 0 Å². The second-order valence-corrected chi connectivity index (χ2v) is 11.3. The zero-order valence-corrected chi connectivity index (χ0v) is 18.4. The minimum Gasteiger partial charge on any atom is -0.207 e. The number of benzene rings is 1. The summed E-state index contributed by atoms with van der Waals surface area (Å²) in [5.74, 6) is 1.12. The first-order chi connectivity index (χ1) is 13.4. The summed E-state index contributed by atoms with van der Waals surface area (Å²) in [7, 11) is -3.42. The quantitative estimate of drug-likeness (QED) is 0.718. The molecule has 2 fully saturated rings. The van der Waals surface area contributed by atoms with E-state index in [1.165, 1.54) is 25.7 Å². The van der Waals surface area contributed by atoms with Gasteiger partial charge in [-0.2, -0.15) is 4.31 Å². The summed E-state index contributed by atoms with van der Waals surface area (Å²) >= 11 is 1.75. The third-order valence-corrected chi connectivity index (χ3v) is 9.34. The molecule has 7 heteroatoms. The van der Waals surface area contributed by atoms with E-state index in [-0.39, 0.29) is 0 Å². The lowest BCUT2D eigenvalue weighted by atomic mass is 9.99. The molecule has 1 aliphatic carbocycles. The molecule has 0 atom stereocenters. The summed E-state index contributed by atoms with van der Waals surface area (Å²) in [6.07, 6.45) is 8.06. The number of piperidine rings is 1. The smallest absolute Gasteiger partial charge is 0.207 e. The number of aromatic nitrogens is 2. The zero-order chi connectivity index (χ0) is 19.7. The average molecular weight is 420 g/mol. The minimum absolute atomic E-state index is 0.334. The van der Waals surface area contributed by atoms with Gasteiger partial charge in [0, 0.05) is 25.4 Å². The fraction of sp³-hybridized carbons (Fsp3) is 0.619. The van der Waals surface area contributed by atoms with Crippen LogP contribution in [-0.4, -0.2) is 36.0 Å². The summed E-state index contributed by atoms with van der Waals surface area (Å²) in [5, 5.41) is 11.1. The molecule has 1 saturated heterocycles. The Morgan fingerprint density at radius 1 is 1.07 bits per heavy atom. The summed E-state index contributed by atoms with van der Waals surface area (Å²) in [4.78, 5) is 0.436. The van der Waals surface area contributed by atoms with Crippen LogP contribution in [0.5, 0.6) is 0 Å². The molecule has 0 spiro atoms. The number of nitrogens with zero attached hydrogens (tertiary/aromatic N) is 3. The van der Waals surface area contributed by atoms with Gasteiger partial charge in [0.15, 0.2) is 0 Å². The number of sulfonamides is 1. The highest BCUT2D eigenvalue weighted by Gasteiger charge is 2.32. The molecule has 0 radical (unpaired) electrons. The Labute approximate surface area is 172 Å². The molecule has 1 aromatic carbocycles. The lowest BCUT2D eigenvalue weighted by Gasteiger charge is -2.30. The van der Waals surface area contributed by atoms with Gasteiger partial charge < -0.3 is 0 Å². The van der Waals surface area contributed by atoms with Crippen molar-refractivity contribution in [2.75, 3.05) is 13.1 Å². The standard InChI is InChI=1S/C21H29N3O2S2/c1-15-7-8-19(16(2)13-15)28(25,26)24-11-9-18(10-12-24)21-23-22-20(27-21)14-17-5-3-4-6-17/h7-8,13,17-18H,3-6,9-12,14H2,1-2H3. The first-order valence-electron chi connectivity index (χ1n) is 10.3. The fourth-order valence-electron chi connectivity index (χ4n) is 4.55. The molecule has 2 heterocycles. The van der Waals surface area contributed by atoms with Crippen molar-refractivity contribution in [2.45, 2.75) is 69.6 Å². The number of rotatable bonds is 5. The first-order valence-corrected chi connectivity index (χ1v) is 12.6. The topological polar surface area (TPSA) is 63.2 Å². The Kier molecular flexibility index (Phi) is 5.86. The molecule has 0 bridgehead atoms. The van der Waals surface area contributed by atoms with Crippen LogP contribution in [0.2, 0.25) is 0 Å². The van der Waals surface area contributed by atoms with Crippen LogP contribution in [0, 0.1) is 19.8 Å². The molecule has 1 aliphatic heterocycles. The molecule has 4 rings (SSSR count). The Bertz CT molecular complexity index is 925. The van der Waals surface area contributed by atoms with Gasteiger partial charge in [-0.05, 0) is 44.2 Å². The van der Waals surface area contributed by atoms with Gasteiger partial charge in [-0.15, -0.1) is 21.5 Å². The van der Waals surface area contributed by atoms with Crippen molar-refractivity contribution >= 4 is 21.4 Å². The maximum absolute atomic E-state index is 13.1. The molecule has 28 heavy (non-hydrogen) atoms. The van der Waals surface area contributed by atoms with Crippen molar-refractivity contribution in [1.82, 2.24) is 14.5 Å². The van der Waals surface area contributed by atoms with E-state index in [0.717, 1.165) is 46.3 Å². The monoisotopic (exact) mass is 419 g/mol. The molecule has 0 N–H and O–H groups in total. The predicted molar refractivity (Wildman–Crippen MR) is 112 cm³/mol. The molecule has 2 aromatic rings. The van der Waals surface area contributed by atoms with Crippen LogP contribution in [0.15, 0.2) is 23.1 Å². The predicted octanol–water partition coefficient (Wildman–Crippen LogP) is 4.46. The van der Waals surface area contributed by atoms with Gasteiger partial charge in [0.05, 0.1) is 4.90 Å². The summed E-state index contributed by atoms with van der Waals surface area (Å²) < 4.78 is 27.8. The van der Waals surface area contributed by atoms with Crippen molar-refractivity contribution in [3.05, 3.63) is 39.3 Å². The van der Waals surface area contributed by atoms with Crippen LogP contribution in [0.4, 0.5) is 0 Å². The fourth-order valence-corrected chi connectivity index (χ4v) is 7.35. The third-order valence-electron chi connectivity index (χ3n) is 6.17. The van der Waals surface area contributed by atoms with Gasteiger partial charge in [-0.1, -0.05) is 43.4 Å². The molecule has 0 amide bonds. The van der Waals surface area contributed by atoms with Crippen LogP contribution >= 0.6 is 11.3 Å². The molecule has 5 nitrogen and oxygen atoms in total. The number of hydrogen-bond acceptors (Lipinski definition) is 5. The average Bonchev–Trinajstić information content (AvgIpc) is 3.34. The maximum atomic E-state index is 13.1. The SMILES string of the molecule is Cc1ccc(S(=O)(=O)N2CCC(c3nnc(CC4CCCC4)s3)CC2)c(C)c1. The molecule has 152 valence electrons. The van der Waals surface area contributed by atoms with E-state index in [0.29, 0.717) is 23.9 Å². The Morgan fingerprint density at radius 3 is 2.46 bits per heavy atom. The van der Waals surface area contributed by atoms with E-state index in [9.17, 15) is 8.42 Å². The lowest BCUT2D eigenvalue weighted by Crippen LogP contribution is -2.38. The molecule has 2 aliphatic rings. The molecule has 1 aromatic heterocycles. The van der Waals surface area contributed by atoms with Gasteiger partial charge in [-0.3, -0.25) is 0 Å². The van der Waals surface area contributed by atoms with Crippen molar-refractivity contribution in [3.8, 4) is 0 Å². The highest BCUT2D eigenvalue weighted by Crippen LogP contribution is 2.35. The minimum atomic E-state index is -3.42. The van der Waals surface area contributed by atoms with E-state index in [1.807, 2.05) is 26.0 Å². The van der Waals surface area contributed by atoms with Crippen molar-refractivity contribution in [1.29, 1.82) is 0 Å². The van der Waals surface area contributed by atoms with Gasteiger partial charge in [0.1, 0.15) is 10.0 Å². The van der Waals surface area contributed by atoms with Crippen LogP contribution in [0.1, 0.15) is 65.6 Å². The van der Waals surface area contributed by atoms with Crippen LogP contribution < -0.4 is 0 Å².